The fraction of sp³-hybridized carbons (Fsp3) is 0.115. The summed E-state index contributed by atoms with van der Waals surface area (Å²) in [6, 6.07) is 25.0. The first-order chi connectivity index (χ1) is 15.5. The number of carbonyl (C=O) groups is 1. The highest BCUT2D eigenvalue weighted by molar-refractivity contribution is 6.05. The number of nitrogens with one attached hydrogen (secondary N) is 3. The van der Waals surface area contributed by atoms with Gasteiger partial charge in [-0.05, 0) is 68.8 Å². The van der Waals surface area contributed by atoms with E-state index in [2.05, 4.69) is 25.9 Å². The summed E-state index contributed by atoms with van der Waals surface area (Å²) in [5, 5.41) is 9.46. The van der Waals surface area contributed by atoms with Crippen LogP contribution in [0.5, 0.6) is 0 Å². The second kappa shape index (κ2) is 9.31. The Bertz CT molecular complexity index is 1240. The van der Waals surface area contributed by atoms with Crippen LogP contribution in [0, 0.1) is 20.8 Å². The van der Waals surface area contributed by atoms with Crippen molar-refractivity contribution in [3.8, 4) is 0 Å². The maximum absolute atomic E-state index is 12.6. The van der Waals surface area contributed by atoms with Gasteiger partial charge in [-0.1, -0.05) is 35.9 Å². The third-order valence-electron chi connectivity index (χ3n) is 4.93. The molecule has 3 N–H and O–H groups in total. The topological polar surface area (TPSA) is 78.9 Å². The molecule has 1 amide bonds. The number of amides is 1. The van der Waals surface area contributed by atoms with Crippen LogP contribution in [0.1, 0.15) is 27.2 Å². The van der Waals surface area contributed by atoms with E-state index in [0.717, 1.165) is 33.9 Å². The summed E-state index contributed by atoms with van der Waals surface area (Å²) in [5.74, 6) is 1.08. The minimum Gasteiger partial charge on any atom is -0.340 e. The van der Waals surface area contributed by atoms with E-state index >= 15 is 0 Å². The second-order valence-corrected chi connectivity index (χ2v) is 7.68. The number of para-hydroxylation sites is 1. The highest BCUT2D eigenvalue weighted by Crippen LogP contribution is 2.21. The molecule has 160 valence electrons. The Balaban J connectivity index is 1.44. The molecule has 0 aliphatic rings. The molecule has 1 heterocycles. The van der Waals surface area contributed by atoms with Crippen molar-refractivity contribution < 1.29 is 4.79 Å². The van der Waals surface area contributed by atoms with E-state index in [1.165, 1.54) is 0 Å². The van der Waals surface area contributed by atoms with Gasteiger partial charge in [0.1, 0.15) is 5.82 Å². The monoisotopic (exact) mass is 423 g/mol. The number of anilines is 5. The predicted molar refractivity (Wildman–Crippen MR) is 130 cm³/mol. The van der Waals surface area contributed by atoms with Crippen LogP contribution in [0.4, 0.5) is 28.8 Å². The van der Waals surface area contributed by atoms with Crippen molar-refractivity contribution in [1.29, 1.82) is 0 Å². The van der Waals surface area contributed by atoms with Gasteiger partial charge in [-0.25, -0.2) is 4.98 Å². The van der Waals surface area contributed by atoms with Crippen LogP contribution in [0.2, 0.25) is 0 Å². The fourth-order valence-corrected chi connectivity index (χ4v) is 3.39. The zero-order valence-electron chi connectivity index (χ0n) is 18.3. The molecule has 0 radical (unpaired) electrons. The van der Waals surface area contributed by atoms with E-state index in [0.29, 0.717) is 17.3 Å². The Labute approximate surface area is 187 Å². The zero-order chi connectivity index (χ0) is 22.5. The Morgan fingerprint density at radius 3 is 2.12 bits per heavy atom. The Kier molecular flexibility index (Phi) is 6.12. The van der Waals surface area contributed by atoms with E-state index in [1.807, 2.05) is 99.6 Å². The standard InChI is InChI=1S/C26H25N5O/c1-17-9-14-23(18(2)15-17)25(32)29-21-10-12-22(13-11-21)30-26-27-19(3)16-24(31-26)28-20-7-5-4-6-8-20/h4-16H,1-3H3,(H,29,32)(H2,27,28,30,31). The summed E-state index contributed by atoms with van der Waals surface area (Å²) < 4.78 is 0. The molecule has 0 spiro atoms. The van der Waals surface area contributed by atoms with Gasteiger partial charge in [-0.2, -0.15) is 4.98 Å². The Morgan fingerprint density at radius 1 is 0.719 bits per heavy atom. The molecule has 0 fully saturated rings. The molecule has 0 aliphatic carbocycles. The largest absolute Gasteiger partial charge is 0.340 e. The van der Waals surface area contributed by atoms with Crippen LogP contribution in [0.15, 0.2) is 78.9 Å². The molecule has 3 aromatic carbocycles. The van der Waals surface area contributed by atoms with Gasteiger partial charge < -0.3 is 16.0 Å². The average molecular weight is 424 g/mol. The lowest BCUT2D eigenvalue weighted by atomic mass is 10.1. The van der Waals surface area contributed by atoms with Gasteiger partial charge in [0.2, 0.25) is 5.95 Å². The van der Waals surface area contributed by atoms with Gasteiger partial charge in [0, 0.05) is 34.4 Å². The Hall–Kier alpha value is -4.19. The SMILES string of the molecule is Cc1ccc(C(=O)Nc2ccc(Nc3nc(C)cc(Nc4ccccc4)n3)cc2)c(C)c1. The molecule has 0 saturated carbocycles. The van der Waals surface area contributed by atoms with E-state index in [1.54, 1.807) is 0 Å². The van der Waals surface area contributed by atoms with Crippen molar-refractivity contribution in [1.82, 2.24) is 9.97 Å². The lowest BCUT2D eigenvalue weighted by molar-refractivity contribution is 0.102. The zero-order valence-corrected chi connectivity index (χ0v) is 18.3. The smallest absolute Gasteiger partial charge is 0.255 e. The van der Waals surface area contributed by atoms with Gasteiger partial charge in [-0.3, -0.25) is 4.79 Å². The first kappa shape index (κ1) is 21.1. The molecular weight excluding hydrogens is 398 g/mol. The summed E-state index contributed by atoms with van der Waals surface area (Å²) in [6.45, 7) is 5.88. The van der Waals surface area contributed by atoms with Crippen molar-refractivity contribution in [3.05, 3.63) is 101 Å². The third kappa shape index (κ3) is 5.29. The maximum Gasteiger partial charge on any atom is 0.255 e. The van der Waals surface area contributed by atoms with Crippen LogP contribution in [-0.2, 0) is 0 Å². The average Bonchev–Trinajstić information content (AvgIpc) is 2.75. The number of benzene rings is 3. The first-order valence-corrected chi connectivity index (χ1v) is 10.4. The van der Waals surface area contributed by atoms with Crippen LogP contribution >= 0.6 is 0 Å². The summed E-state index contributed by atoms with van der Waals surface area (Å²) in [5.41, 5.74) is 6.11. The molecule has 0 saturated heterocycles. The summed E-state index contributed by atoms with van der Waals surface area (Å²) in [6.07, 6.45) is 0. The summed E-state index contributed by atoms with van der Waals surface area (Å²) >= 11 is 0. The molecule has 4 rings (SSSR count). The Morgan fingerprint density at radius 2 is 1.41 bits per heavy atom. The lowest BCUT2D eigenvalue weighted by Gasteiger charge is -2.11. The quantitative estimate of drug-likeness (QED) is 0.347. The van der Waals surface area contributed by atoms with E-state index < -0.39 is 0 Å². The molecule has 0 aliphatic heterocycles. The van der Waals surface area contributed by atoms with Gasteiger partial charge in [0.25, 0.3) is 5.91 Å². The van der Waals surface area contributed by atoms with Crippen molar-refractivity contribution in [2.75, 3.05) is 16.0 Å². The van der Waals surface area contributed by atoms with E-state index in [4.69, 9.17) is 0 Å². The van der Waals surface area contributed by atoms with Crippen molar-refractivity contribution in [2.45, 2.75) is 20.8 Å². The van der Waals surface area contributed by atoms with Gasteiger partial charge in [0.05, 0.1) is 0 Å². The van der Waals surface area contributed by atoms with Crippen molar-refractivity contribution >= 4 is 34.7 Å². The summed E-state index contributed by atoms with van der Waals surface area (Å²) in [7, 11) is 0. The van der Waals surface area contributed by atoms with Crippen LogP contribution < -0.4 is 16.0 Å². The number of hydrogen-bond acceptors (Lipinski definition) is 5. The third-order valence-corrected chi connectivity index (χ3v) is 4.93. The van der Waals surface area contributed by atoms with Crippen molar-refractivity contribution in [3.63, 3.8) is 0 Å². The molecule has 0 atom stereocenters. The second-order valence-electron chi connectivity index (χ2n) is 7.68. The number of rotatable bonds is 6. The minimum absolute atomic E-state index is 0.123. The number of aromatic nitrogens is 2. The number of nitrogens with zero attached hydrogens (tertiary/aromatic N) is 2. The van der Waals surface area contributed by atoms with Crippen LogP contribution in [0.25, 0.3) is 0 Å². The summed E-state index contributed by atoms with van der Waals surface area (Å²) in [4.78, 5) is 21.6. The highest BCUT2D eigenvalue weighted by atomic mass is 16.1. The number of carbonyl (C=O) groups excluding carboxylic acids is 1. The molecule has 6 nitrogen and oxygen atoms in total. The first-order valence-electron chi connectivity index (χ1n) is 10.4. The lowest BCUT2D eigenvalue weighted by Crippen LogP contribution is -2.13. The van der Waals surface area contributed by atoms with Crippen molar-refractivity contribution in [2.24, 2.45) is 0 Å². The molecule has 4 aromatic rings. The molecular formula is C26H25N5O. The molecule has 6 heteroatoms. The van der Waals surface area contributed by atoms with Gasteiger partial charge in [-0.15, -0.1) is 0 Å². The molecule has 0 bridgehead atoms. The number of hydrogen-bond donors (Lipinski definition) is 3. The van der Waals surface area contributed by atoms with Crippen LogP contribution in [0.3, 0.4) is 0 Å². The van der Waals surface area contributed by atoms with Gasteiger partial charge >= 0.3 is 0 Å². The predicted octanol–water partition coefficient (Wildman–Crippen LogP) is 6.14. The maximum atomic E-state index is 12.6. The molecule has 32 heavy (non-hydrogen) atoms. The van der Waals surface area contributed by atoms with E-state index in [9.17, 15) is 4.79 Å². The normalized spacial score (nSPS) is 10.5. The molecule has 0 unspecified atom stereocenters. The number of aryl methyl sites for hydroxylation is 3. The van der Waals surface area contributed by atoms with Gasteiger partial charge in [0.15, 0.2) is 0 Å². The highest BCUT2D eigenvalue weighted by Gasteiger charge is 2.10. The minimum atomic E-state index is -0.123. The van der Waals surface area contributed by atoms with E-state index in [-0.39, 0.29) is 5.91 Å². The molecule has 1 aromatic heterocycles. The van der Waals surface area contributed by atoms with Crippen LogP contribution in [-0.4, -0.2) is 15.9 Å². The fourth-order valence-electron chi connectivity index (χ4n) is 3.39.